The fourth-order valence-corrected chi connectivity index (χ4v) is 6.88. The van der Waals surface area contributed by atoms with Crippen LogP contribution in [0.4, 0.5) is 0 Å². The largest absolute Gasteiger partial charge is 0.462 e. The van der Waals surface area contributed by atoms with Gasteiger partial charge in [0.25, 0.3) is 0 Å². The molecular formula is C59H96O6. The zero-order valence-corrected chi connectivity index (χ0v) is 42.0. The molecule has 6 nitrogen and oxygen atoms in total. The highest BCUT2D eigenvalue weighted by molar-refractivity contribution is 5.71. The van der Waals surface area contributed by atoms with E-state index in [2.05, 4.69) is 130 Å². The van der Waals surface area contributed by atoms with Gasteiger partial charge >= 0.3 is 17.9 Å². The monoisotopic (exact) mass is 901 g/mol. The molecule has 1 atom stereocenters. The third-order valence-corrected chi connectivity index (χ3v) is 10.8. The summed E-state index contributed by atoms with van der Waals surface area (Å²) >= 11 is 0. The molecule has 0 bridgehead atoms. The van der Waals surface area contributed by atoms with Crippen LogP contribution in [0.5, 0.6) is 0 Å². The van der Waals surface area contributed by atoms with Crippen LogP contribution in [0.1, 0.15) is 226 Å². The molecule has 368 valence electrons. The quantitative estimate of drug-likeness (QED) is 0.0262. The topological polar surface area (TPSA) is 78.9 Å². The Morgan fingerprint density at radius 2 is 0.615 bits per heavy atom. The van der Waals surface area contributed by atoms with Gasteiger partial charge in [-0.05, 0) is 96.3 Å². The third kappa shape index (κ3) is 50.9. The molecule has 0 rings (SSSR count). The van der Waals surface area contributed by atoms with Crippen molar-refractivity contribution in [1.29, 1.82) is 0 Å². The summed E-state index contributed by atoms with van der Waals surface area (Å²) in [7, 11) is 0. The molecule has 0 aromatic carbocycles. The Hall–Kier alpha value is -3.93. The number of ether oxygens (including phenoxy) is 3. The number of carbonyl (C=O) groups is 3. The van der Waals surface area contributed by atoms with Crippen LogP contribution in [0.15, 0.2) is 109 Å². The number of carbonyl (C=O) groups excluding carboxylic acids is 3. The predicted octanol–water partition coefficient (Wildman–Crippen LogP) is 17.5. The molecule has 0 N–H and O–H groups in total. The minimum absolute atomic E-state index is 0.117. The summed E-state index contributed by atoms with van der Waals surface area (Å²) in [6, 6.07) is 0. The maximum absolute atomic E-state index is 12.8. The molecule has 0 radical (unpaired) electrons. The van der Waals surface area contributed by atoms with Crippen LogP contribution in [0, 0.1) is 0 Å². The summed E-state index contributed by atoms with van der Waals surface area (Å²) in [6.45, 7) is 6.32. The second-order valence-electron chi connectivity index (χ2n) is 17.0. The zero-order chi connectivity index (χ0) is 47.2. The van der Waals surface area contributed by atoms with Crippen molar-refractivity contribution >= 4 is 17.9 Å². The number of hydrogen-bond acceptors (Lipinski definition) is 6. The van der Waals surface area contributed by atoms with E-state index in [9.17, 15) is 14.4 Å². The summed E-state index contributed by atoms with van der Waals surface area (Å²) in [6.07, 6.45) is 70.8. The van der Waals surface area contributed by atoms with Crippen LogP contribution in [0.25, 0.3) is 0 Å². The van der Waals surface area contributed by atoms with E-state index in [1.54, 1.807) is 0 Å². The van der Waals surface area contributed by atoms with Gasteiger partial charge in [-0.25, -0.2) is 0 Å². The van der Waals surface area contributed by atoms with Crippen LogP contribution >= 0.6 is 0 Å². The number of esters is 3. The van der Waals surface area contributed by atoms with E-state index < -0.39 is 6.10 Å². The van der Waals surface area contributed by atoms with E-state index in [1.807, 2.05) is 0 Å². The molecule has 0 amide bonds. The molecule has 0 aliphatic carbocycles. The predicted molar refractivity (Wildman–Crippen MR) is 279 cm³/mol. The molecule has 0 saturated carbocycles. The van der Waals surface area contributed by atoms with E-state index in [1.165, 1.54) is 77.0 Å². The van der Waals surface area contributed by atoms with Gasteiger partial charge < -0.3 is 14.2 Å². The summed E-state index contributed by atoms with van der Waals surface area (Å²) in [4.78, 5) is 38.0. The fourth-order valence-electron chi connectivity index (χ4n) is 6.88. The van der Waals surface area contributed by atoms with Crippen molar-refractivity contribution in [2.24, 2.45) is 0 Å². The summed E-state index contributed by atoms with van der Waals surface area (Å²) in [5.74, 6) is -1.02. The van der Waals surface area contributed by atoms with Crippen molar-refractivity contribution in [2.45, 2.75) is 232 Å². The Morgan fingerprint density at radius 3 is 1.00 bits per heavy atom. The van der Waals surface area contributed by atoms with E-state index in [0.29, 0.717) is 25.7 Å². The Bertz CT molecular complexity index is 1360. The van der Waals surface area contributed by atoms with E-state index in [4.69, 9.17) is 14.2 Å². The Kier molecular flexibility index (Phi) is 49.5. The standard InChI is InChI=1S/C59H96O6/c1-4-7-10-13-16-19-22-25-28-29-32-34-37-40-43-46-49-52-58(61)64-55-56(65-59(62)53-50-47-44-41-38-35-31-27-24-21-18-15-12-9-6-3)54-63-57(60)51-48-45-42-39-36-33-30-26-23-20-17-14-11-8-5-2/h7-8,10-11,16-17,19-20,25-26,28,30,32,34,36,39-40,43,56H,4-6,9,12-15,18,21-24,27,29,31,33,35,37-38,41-42,44-55H2,1-3H3/b10-7-,11-8-,19-16-,20-17-,28-25-,30-26-,34-32-,39-36-,43-40-/t56-/m0/s1. The third-order valence-electron chi connectivity index (χ3n) is 10.8. The number of unbranched alkanes of at least 4 members (excludes halogenated alkanes) is 17. The molecule has 65 heavy (non-hydrogen) atoms. The Labute approximate surface area is 400 Å². The van der Waals surface area contributed by atoms with Gasteiger partial charge in [0.2, 0.25) is 0 Å². The second kappa shape index (κ2) is 52.7. The molecule has 0 aliphatic rings. The Morgan fingerprint density at radius 1 is 0.323 bits per heavy atom. The first kappa shape index (κ1) is 61.1. The number of hydrogen-bond donors (Lipinski definition) is 0. The van der Waals surface area contributed by atoms with Gasteiger partial charge in [0, 0.05) is 19.3 Å². The van der Waals surface area contributed by atoms with Gasteiger partial charge in [-0.3, -0.25) is 14.4 Å². The molecule has 0 aromatic rings. The average Bonchev–Trinajstić information content (AvgIpc) is 3.30. The van der Waals surface area contributed by atoms with Crippen molar-refractivity contribution in [1.82, 2.24) is 0 Å². The molecule has 0 aliphatic heterocycles. The van der Waals surface area contributed by atoms with Crippen LogP contribution < -0.4 is 0 Å². The first-order valence-corrected chi connectivity index (χ1v) is 26.4. The normalized spacial score (nSPS) is 13.0. The van der Waals surface area contributed by atoms with Gasteiger partial charge in [0.1, 0.15) is 13.2 Å². The van der Waals surface area contributed by atoms with Gasteiger partial charge in [-0.2, -0.15) is 0 Å². The molecule has 0 saturated heterocycles. The molecular weight excluding hydrogens is 805 g/mol. The van der Waals surface area contributed by atoms with Gasteiger partial charge in [0.05, 0.1) is 0 Å². The van der Waals surface area contributed by atoms with Crippen molar-refractivity contribution in [2.75, 3.05) is 13.2 Å². The first-order valence-electron chi connectivity index (χ1n) is 26.4. The SMILES string of the molecule is CC/C=C\C/C=C\C/C=C\C/C=C\C/C=C\CCCC(=O)OC[C@H](COC(=O)CCCC/C=C\C/C=C\C/C=C\C/C=C\CC)OC(=O)CCCCCCCCCCCCCCCCC. The van der Waals surface area contributed by atoms with Gasteiger partial charge in [-0.15, -0.1) is 0 Å². The fraction of sp³-hybridized carbons (Fsp3) is 0.644. The minimum atomic E-state index is -0.818. The highest BCUT2D eigenvalue weighted by Gasteiger charge is 2.19. The van der Waals surface area contributed by atoms with Crippen LogP contribution in [-0.4, -0.2) is 37.2 Å². The summed E-state index contributed by atoms with van der Waals surface area (Å²) < 4.78 is 16.7. The summed E-state index contributed by atoms with van der Waals surface area (Å²) in [5, 5.41) is 0. The lowest BCUT2D eigenvalue weighted by molar-refractivity contribution is -0.167. The van der Waals surface area contributed by atoms with Gasteiger partial charge in [0.15, 0.2) is 6.10 Å². The minimum Gasteiger partial charge on any atom is -0.462 e. The Balaban J connectivity index is 4.54. The van der Waals surface area contributed by atoms with Gasteiger partial charge in [-0.1, -0.05) is 220 Å². The highest BCUT2D eigenvalue weighted by Crippen LogP contribution is 2.15. The maximum atomic E-state index is 12.8. The van der Waals surface area contributed by atoms with Crippen LogP contribution in [0.3, 0.4) is 0 Å². The van der Waals surface area contributed by atoms with Crippen LogP contribution in [0.2, 0.25) is 0 Å². The van der Waals surface area contributed by atoms with E-state index in [0.717, 1.165) is 96.3 Å². The van der Waals surface area contributed by atoms with Crippen molar-refractivity contribution in [3.05, 3.63) is 109 Å². The number of rotatable bonds is 46. The molecule has 0 heterocycles. The molecule has 0 spiro atoms. The van der Waals surface area contributed by atoms with E-state index in [-0.39, 0.29) is 37.5 Å². The van der Waals surface area contributed by atoms with E-state index >= 15 is 0 Å². The second-order valence-corrected chi connectivity index (χ2v) is 17.0. The molecule has 6 heteroatoms. The molecule has 0 aromatic heterocycles. The van der Waals surface area contributed by atoms with Crippen molar-refractivity contribution in [3.8, 4) is 0 Å². The maximum Gasteiger partial charge on any atom is 0.306 e. The van der Waals surface area contributed by atoms with Crippen molar-refractivity contribution < 1.29 is 28.6 Å². The lowest BCUT2D eigenvalue weighted by Gasteiger charge is -2.18. The smallest absolute Gasteiger partial charge is 0.306 e. The van der Waals surface area contributed by atoms with Crippen LogP contribution in [-0.2, 0) is 28.6 Å². The lowest BCUT2D eigenvalue weighted by Crippen LogP contribution is -2.30. The zero-order valence-electron chi connectivity index (χ0n) is 42.0. The lowest BCUT2D eigenvalue weighted by atomic mass is 10.0. The first-order chi connectivity index (χ1) is 32.0. The summed E-state index contributed by atoms with van der Waals surface area (Å²) in [5.41, 5.74) is 0. The molecule has 0 fully saturated rings. The average molecular weight is 901 g/mol. The highest BCUT2D eigenvalue weighted by atomic mass is 16.6. The molecule has 0 unspecified atom stereocenters. The number of allylic oxidation sites excluding steroid dienone is 18. The van der Waals surface area contributed by atoms with Crippen molar-refractivity contribution in [3.63, 3.8) is 0 Å².